The Kier molecular flexibility index (Phi) is 4.29. The fourth-order valence-electron chi connectivity index (χ4n) is 3.83. The molecule has 0 spiro atoms. The second kappa shape index (κ2) is 6.75. The van der Waals surface area contributed by atoms with Crippen molar-refractivity contribution in [2.45, 2.75) is 25.8 Å². The second-order valence-corrected chi connectivity index (χ2v) is 6.84. The van der Waals surface area contributed by atoms with Crippen LogP contribution in [0.3, 0.4) is 0 Å². The summed E-state index contributed by atoms with van der Waals surface area (Å²) in [5, 5.41) is 19.5. The first-order valence-corrected chi connectivity index (χ1v) is 9.12. The summed E-state index contributed by atoms with van der Waals surface area (Å²) in [6, 6.07) is 22.0. The number of aromatic hydroxyl groups is 2. The lowest BCUT2D eigenvalue weighted by molar-refractivity contribution is 0.472. The molecule has 1 atom stereocenters. The Labute approximate surface area is 154 Å². The monoisotopic (exact) mass is 345 g/mol. The zero-order valence-electron chi connectivity index (χ0n) is 14.9. The largest absolute Gasteiger partial charge is 0.508 e. The summed E-state index contributed by atoms with van der Waals surface area (Å²) < 4.78 is 0. The standard InChI is InChI=1S/C23H23NO2/c1-2-16-3-5-17(6-4-16)23-22-12-11-21(26)15-18(22)13-14-24(23)19-7-9-20(25)10-8-19/h3-12,15,23,25-26H,2,13-14H2,1H3. The van der Waals surface area contributed by atoms with Gasteiger partial charge in [-0.05, 0) is 71.5 Å². The van der Waals surface area contributed by atoms with E-state index in [4.69, 9.17) is 0 Å². The molecule has 1 unspecified atom stereocenters. The third kappa shape index (κ3) is 3.01. The molecular weight excluding hydrogens is 322 g/mol. The van der Waals surface area contributed by atoms with E-state index in [2.05, 4.69) is 36.1 Å². The predicted octanol–water partition coefficient (Wildman–Crippen LogP) is 4.81. The number of anilines is 1. The zero-order valence-corrected chi connectivity index (χ0v) is 14.9. The van der Waals surface area contributed by atoms with Crippen molar-refractivity contribution in [3.8, 4) is 11.5 Å². The molecule has 3 aromatic rings. The van der Waals surface area contributed by atoms with E-state index in [0.29, 0.717) is 5.75 Å². The molecule has 4 rings (SSSR count). The molecule has 2 N–H and O–H groups in total. The molecule has 0 amide bonds. The van der Waals surface area contributed by atoms with Crippen LogP contribution < -0.4 is 4.90 Å². The average molecular weight is 345 g/mol. The number of fused-ring (bicyclic) bond motifs is 1. The van der Waals surface area contributed by atoms with Crippen molar-refractivity contribution in [3.05, 3.63) is 89.0 Å². The highest BCUT2D eigenvalue weighted by molar-refractivity contribution is 5.57. The molecule has 0 bridgehead atoms. The van der Waals surface area contributed by atoms with E-state index in [1.165, 1.54) is 22.3 Å². The molecular formula is C23H23NO2. The highest BCUT2D eigenvalue weighted by Crippen LogP contribution is 2.39. The second-order valence-electron chi connectivity index (χ2n) is 6.84. The van der Waals surface area contributed by atoms with Crippen LogP contribution in [0, 0.1) is 0 Å². The molecule has 0 saturated heterocycles. The van der Waals surface area contributed by atoms with E-state index >= 15 is 0 Å². The summed E-state index contributed by atoms with van der Waals surface area (Å²) in [4.78, 5) is 2.37. The van der Waals surface area contributed by atoms with Crippen molar-refractivity contribution in [2.75, 3.05) is 11.4 Å². The van der Waals surface area contributed by atoms with Gasteiger partial charge in [0, 0.05) is 12.2 Å². The summed E-state index contributed by atoms with van der Waals surface area (Å²) >= 11 is 0. The maximum absolute atomic E-state index is 9.89. The lowest BCUT2D eigenvalue weighted by Crippen LogP contribution is -2.36. The molecule has 1 heterocycles. The van der Waals surface area contributed by atoms with Gasteiger partial charge in [0.2, 0.25) is 0 Å². The molecule has 3 nitrogen and oxygen atoms in total. The van der Waals surface area contributed by atoms with Crippen molar-refractivity contribution < 1.29 is 10.2 Å². The Morgan fingerprint density at radius 3 is 2.27 bits per heavy atom. The van der Waals surface area contributed by atoms with Crippen LogP contribution in [0.1, 0.15) is 35.2 Å². The zero-order chi connectivity index (χ0) is 18.1. The van der Waals surface area contributed by atoms with Crippen LogP contribution in [0.25, 0.3) is 0 Å². The highest BCUT2D eigenvalue weighted by atomic mass is 16.3. The lowest BCUT2D eigenvalue weighted by atomic mass is 9.87. The minimum atomic E-state index is 0.0924. The van der Waals surface area contributed by atoms with E-state index in [1.807, 2.05) is 24.3 Å². The minimum absolute atomic E-state index is 0.0924. The first-order valence-electron chi connectivity index (χ1n) is 9.12. The lowest BCUT2D eigenvalue weighted by Gasteiger charge is -2.39. The molecule has 3 heteroatoms. The number of phenols is 2. The van der Waals surface area contributed by atoms with Gasteiger partial charge in [0.1, 0.15) is 11.5 Å². The van der Waals surface area contributed by atoms with Crippen molar-refractivity contribution in [1.82, 2.24) is 0 Å². The number of nitrogens with zero attached hydrogens (tertiary/aromatic N) is 1. The van der Waals surface area contributed by atoms with E-state index in [-0.39, 0.29) is 11.8 Å². The van der Waals surface area contributed by atoms with Crippen LogP contribution in [-0.4, -0.2) is 16.8 Å². The highest BCUT2D eigenvalue weighted by Gasteiger charge is 2.29. The minimum Gasteiger partial charge on any atom is -0.508 e. The smallest absolute Gasteiger partial charge is 0.115 e. The molecule has 0 aliphatic carbocycles. The molecule has 0 aromatic heterocycles. The fraction of sp³-hybridized carbons (Fsp3) is 0.217. The number of hydrogen-bond acceptors (Lipinski definition) is 3. The number of hydrogen-bond donors (Lipinski definition) is 2. The van der Waals surface area contributed by atoms with Crippen LogP contribution in [0.2, 0.25) is 0 Å². The van der Waals surface area contributed by atoms with Crippen molar-refractivity contribution >= 4 is 5.69 Å². The van der Waals surface area contributed by atoms with Gasteiger partial charge in [-0.1, -0.05) is 37.3 Å². The quantitative estimate of drug-likeness (QED) is 0.716. The summed E-state index contributed by atoms with van der Waals surface area (Å²) in [6.45, 7) is 3.03. The molecule has 26 heavy (non-hydrogen) atoms. The van der Waals surface area contributed by atoms with Gasteiger partial charge in [-0.3, -0.25) is 0 Å². The number of benzene rings is 3. The molecule has 0 fully saturated rings. The van der Waals surface area contributed by atoms with Crippen LogP contribution in [-0.2, 0) is 12.8 Å². The van der Waals surface area contributed by atoms with Gasteiger partial charge in [-0.15, -0.1) is 0 Å². The van der Waals surface area contributed by atoms with E-state index < -0.39 is 0 Å². The van der Waals surface area contributed by atoms with Gasteiger partial charge >= 0.3 is 0 Å². The topological polar surface area (TPSA) is 43.7 Å². The summed E-state index contributed by atoms with van der Waals surface area (Å²) in [5.41, 5.74) is 6.08. The Morgan fingerprint density at radius 1 is 0.885 bits per heavy atom. The summed E-state index contributed by atoms with van der Waals surface area (Å²) in [6.07, 6.45) is 1.91. The molecule has 132 valence electrons. The summed E-state index contributed by atoms with van der Waals surface area (Å²) in [7, 11) is 0. The number of aryl methyl sites for hydroxylation is 1. The molecule has 3 aromatic carbocycles. The Hall–Kier alpha value is -2.94. The first kappa shape index (κ1) is 16.5. The summed E-state index contributed by atoms with van der Waals surface area (Å²) in [5.74, 6) is 0.599. The van der Waals surface area contributed by atoms with E-state index in [0.717, 1.165) is 25.1 Å². The van der Waals surface area contributed by atoms with Gasteiger partial charge < -0.3 is 15.1 Å². The van der Waals surface area contributed by atoms with Gasteiger partial charge in [0.05, 0.1) is 6.04 Å². The third-order valence-electron chi connectivity index (χ3n) is 5.24. The fourth-order valence-corrected chi connectivity index (χ4v) is 3.83. The van der Waals surface area contributed by atoms with Crippen molar-refractivity contribution in [2.24, 2.45) is 0 Å². The molecule has 0 radical (unpaired) electrons. The predicted molar refractivity (Wildman–Crippen MR) is 105 cm³/mol. The van der Waals surface area contributed by atoms with Gasteiger partial charge in [-0.2, -0.15) is 0 Å². The molecule has 0 saturated carbocycles. The number of rotatable bonds is 3. The van der Waals surface area contributed by atoms with Crippen molar-refractivity contribution in [1.29, 1.82) is 0 Å². The maximum atomic E-state index is 9.89. The SMILES string of the molecule is CCc1ccc(C2c3ccc(O)cc3CCN2c2ccc(O)cc2)cc1. The Balaban J connectivity index is 1.82. The van der Waals surface area contributed by atoms with Crippen LogP contribution >= 0.6 is 0 Å². The van der Waals surface area contributed by atoms with Gasteiger partial charge in [0.15, 0.2) is 0 Å². The molecule has 1 aliphatic rings. The molecule has 1 aliphatic heterocycles. The average Bonchev–Trinajstić information content (AvgIpc) is 2.68. The van der Waals surface area contributed by atoms with Crippen LogP contribution in [0.4, 0.5) is 5.69 Å². The normalized spacial score (nSPS) is 16.3. The van der Waals surface area contributed by atoms with Crippen LogP contribution in [0.15, 0.2) is 66.7 Å². The van der Waals surface area contributed by atoms with Crippen molar-refractivity contribution in [3.63, 3.8) is 0 Å². The number of phenolic OH excluding ortho intramolecular Hbond substituents is 2. The maximum Gasteiger partial charge on any atom is 0.115 e. The third-order valence-corrected chi connectivity index (χ3v) is 5.24. The van der Waals surface area contributed by atoms with E-state index in [9.17, 15) is 10.2 Å². The van der Waals surface area contributed by atoms with Gasteiger partial charge in [0.25, 0.3) is 0 Å². The Bertz CT molecular complexity index is 900. The Morgan fingerprint density at radius 2 is 1.58 bits per heavy atom. The van der Waals surface area contributed by atoms with E-state index in [1.54, 1.807) is 18.2 Å². The van der Waals surface area contributed by atoms with Gasteiger partial charge in [-0.25, -0.2) is 0 Å². The first-order chi connectivity index (χ1) is 12.7. The van der Waals surface area contributed by atoms with Crippen LogP contribution in [0.5, 0.6) is 11.5 Å².